The second-order valence-electron chi connectivity index (χ2n) is 6.33. The number of rotatable bonds is 5. The molecule has 2 aromatic carbocycles. The van der Waals surface area contributed by atoms with Gasteiger partial charge in [0.15, 0.2) is 5.96 Å². The molecule has 0 spiro atoms. The number of aliphatic imine (C=N–C) groups is 1. The lowest BCUT2D eigenvalue weighted by molar-refractivity contribution is 0.184. The predicted molar refractivity (Wildman–Crippen MR) is 123 cm³/mol. The highest BCUT2D eigenvalue weighted by Crippen LogP contribution is 2.19. The van der Waals surface area contributed by atoms with Crippen molar-refractivity contribution in [2.24, 2.45) is 10.7 Å². The summed E-state index contributed by atoms with van der Waals surface area (Å²) < 4.78 is 5.25. The SMILES string of the molecule is COCc1ccccc1CN=C(N)N1CCN(c2ccc(Cl)cc2)CC1.I. The van der Waals surface area contributed by atoms with Gasteiger partial charge in [-0.1, -0.05) is 35.9 Å². The molecule has 1 heterocycles. The predicted octanol–water partition coefficient (Wildman–Crippen LogP) is 3.74. The van der Waals surface area contributed by atoms with Gasteiger partial charge in [0.25, 0.3) is 0 Å². The van der Waals surface area contributed by atoms with Crippen LogP contribution in [0, 0.1) is 0 Å². The van der Waals surface area contributed by atoms with E-state index in [1.807, 2.05) is 24.3 Å². The van der Waals surface area contributed by atoms with E-state index < -0.39 is 0 Å². The Hall–Kier alpha value is -1.51. The molecule has 0 bridgehead atoms. The summed E-state index contributed by atoms with van der Waals surface area (Å²) in [5.41, 5.74) is 9.73. The van der Waals surface area contributed by atoms with E-state index in [1.54, 1.807) is 7.11 Å². The highest BCUT2D eigenvalue weighted by atomic mass is 127. The van der Waals surface area contributed by atoms with Gasteiger partial charge in [-0.3, -0.25) is 0 Å². The number of anilines is 1. The molecule has 3 rings (SSSR count). The van der Waals surface area contributed by atoms with E-state index in [9.17, 15) is 0 Å². The number of hydrogen-bond donors (Lipinski definition) is 1. The number of methoxy groups -OCH3 is 1. The first-order valence-corrected chi connectivity index (χ1v) is 9.16. The van der Waals surface area contributed by atoms with Crippen LogP contribution in [0.25, 0.3) is 0 Å². The molecule has 0 atom stereocenters. The summed E-state index contributed by atoms with van der Waals surface area (Å²) in [5.74, 6) is 0.605. The van der Waals surface area contributed by atoms with Crippen LogP contribution in [-0.2, 0) is 17.9 Å². The maximum Gasteiger partial charge on any atom is 0.191 e. The average molecular weight is 501 g/mol. The maximum absolute atomic E-state index is 6.23. The molecule has 5 nitrogen and oxygen atoms in total. The summed E-state index contributed by atoms with van der Waals surface area (Å²) in [6.07, 6.45) is 0. The van der Waals surface area contributed by atoms with E-state index in [0.717, 1.165) is 42.3 Å². The normalized spacial score (nSPS) is 14.8. The van der Waals surface area contributed by atoms with Crippen LogP contribution < -0.4 is 10.6 Å². The highest BCUT2D eigenvalue weighted by Gasteiger charge is 2.18. The molecule has 146 valence electrons. The topological polar surface area (TPSA) is 54.1 Å². The van der Waals surface area contributed by atoms with Gasteiger partial charge in [-0.15, -0.1) is 24.0 Å². The van der Waals surface area contributed by atoms with E-state index in [1.165, 1.54) is 5.69 Å². The van der Waals surface area contributed by atoms with Gasteiger partial charge in [0.05, 0.1) is 13.2 Å². The summed E-state index contributed by atoms with van der Waals surface area (Å²) in [6.45, 7) is 4.71. The fourth-order valence-electron chi connectivity index (χ4n) is 3.12. The molecule has 0 aliphatic carbocycles. The Morgan fingerprint density at radius 3 is 2.30 bits per heavy atom. The third kappa shape index (κ3) is 5.99. The van der Waals surface area contributed by atoms with Gasteiger partial charge in [0.1, 0.15) is 0 Å². The van der Waals surface area contributed by atoms with E-state index in [-0.39, 0.29) is 24.0 Å². The van der Waals surface area contributed by atoms with Gasteiger partial charge >= 0.3 is 0 Å². The van der Waals surface area contributed by atoms with Gasteiger partial charge < -0.3 is 20.3 Å². The molecule has 0 unspecified atom stereocenters. The summed E-state index contributed by atoms with van der Waals surface area (Å²) in [7, 11) is 1.70. The van der Waals surface area contributed by atoms with Crippen molar-refractivity contribution in [1.29, 1.82) is 0 Å². The second kappa shape index (κ2) is 10.7. The molecule has 2 aromatic rings. The van der Waals surface area contributed by atoms with Crippen LogP contribution in [0.5, 0.6) is 0 Å². The monoisotopic (exact) mass is 500 g/mol. The van der Waals surface area contributed by atoms with Crippen LogP contribution in [0.2, 0.25) is 5.02 Å². The van der Waals surface area contributed by atoms with Crippen molar-refractivity contribution >= 4 is 47.2 Å². The van der Waals surface area contributed by atoms with Crippen molar-refractivity contribution in [3.63, 3.8) is 0 Å². The Morgan fingerprint density at radius 2 is 1.67 bits per heavy atom. The minimum atomic E-state index is 0. The number of hydrogen-bond acceptors (Lipinski definition) is 3. The van der Waals surface area contributed by atoms with Gasteiger partial charge in [0, 0.05) is 44.0 Å². The van der Waals surface area contributed by atoms with Gasteiger partial charge in [-0.2, -0.15) is 0 Å². The lowest BCUT2D eigenvalue weighted by Gasteiger charge is -2.36. The van der Waals surface area contributed by atoms with Crippen molar-refractivity contribution in [2.45, 2.75) is 13.2 Å². The number of halogens is 2. The molecule has 1 aliphatic rings. The van der Waals surface area contributed by atoms with Gasteiger partial charge in [0.2, 0.25) is 0 Å². The zero-order valence-corrected chi connectivity index (χ0v) is 18.6. The largest absolute Gasteiger partial charge is 0.380 e. The minimum absolute atomic E-state index is 0. The number of guanidine groups is 1. The van der Waals surface area contributed by atoms with E-state index >= 15 is 0 Å². The fourth-order valence-corrected chi connectivity index (χ4v) is 3.25. The van der Waals surface area contributed by atoms with E-state index in [4.69, 9.17) is 22.1 Å². The van der Waals surface area contributed by atoms with E-state index in [0.29, 0.717) is 19.1 Å². The summed E-state index contributed by atoms with van der Waals surface area (Å²) in [4.78, 5) is 9.08. The molecule has 0 aromatic heterocycles. The quantitative estimate of drug-likeness (QED) is 0.386. The third-order valence-corrected chi connectivity index (χ3v) is 4.88. The molecule has 1 saturated heterocycles. The number of nitrogens with zero attached hydrogens (tertiary/aromatic N) is 3. The Labute approximate surface area is 183 Å². The lowest BCUT2D eigenvalue weighted by atomic mass is 10.1. The average Bonchev–Trinajstić information content (AvgIpc) is 2.68. The number of nitrogens with two attached hydrogens (primary N) is 1. The second-order valence-corrected chi connectivity index (χ2v) is 6.76. The zero-order valence-electron chi connectivity index (χ0n) is 15.5. The van der Waals surface area contributed by atoms with Crippen LogP contribution >= 0.6 is 35.6 Å². The molecule has 27 heavy (non-hydrogen) atoms. The van der Waals surface area contributed by atoms with Crippen molar-refractivity contribution in [1.82, 2.24) is 4.90 Å². The molecule has 2 N–H and O–H groups in total. The molecule has 0 saturated carbocycles. The van der Waals surface area contributed by atoms with Crippen LogP contribution in [0.1, 0.15) is 11.1 Å². The zero-order chi connectivity index (χ0) is 18.4. The summed E-state index contributed by atoms with van der Waals surface area (Å²) in [6, 6.07) is 16.1. The Balaban J connectivity index is 0.00000261. The molecular weight excluding hydrogens is 475 g/mol. The van der Waals surface area contributed by atoms with Crippen molar-refractivity contribution in [2.75, 3.05) is 38.2 Å². The molecule has 1 aliphatic heterocycles. The third-order valence-electron chi connectivity index (χ3n) is 4.63. The minimum Gasteiger partial charge on any atom is -0.380 e. The standard InChI is InChI=1S/C20H25ClN4O.HI/c1-26-15-17-5-3-2-4-16(17)14-23-20(22)25-12-10-24(11-13-25)19-8-6-18(21)7-9-19;/h2-9H,10-15H2,1H3,(H2,22,23);1H. The first-order valence-electron chi connectivity index (χ1n) is 8.78. The Bertz CT molecular complexity index is 746. The van der Waals surface area contributed by atoms with Crippen molar-refractivity contribution < 1.29 is 4.74 Å². The van der Waals surface area contributed by atoms with Gasteiger partial charge in [-0.25, -0.2) is 4.99 Å². The highest BCUT2D eigenvalue weighted by molar-refractivity contribution is 14.0. The molecule has 1 fully saturated rings. The van der Waals surface area contributed by atoms with Crippen LogP contribution in [0.4, 0.5) is 5.69 Å². The lowest BCUT2D eigenvalue weighted by Crippen LogP contribution is -2.51. The fraction of sp³-hybridized carbons (Fsp3) is 0.350. The Morgan fingerprint density at radius 1 is 1.04 bits per heavy atom. The Kier molecular flexibility index (Phi) is 8.66. The summed E-state index contributed by atoms with van der Waals surface area (Å²) in [5, 5.41) is 0.762. The molecule has 7 heteroatoms. The van der Waals surface area contributed by atoms with Crippen LogP contribution in [-0.4, -0.2) is 44.1 Å². The number of ether oxygens (including phenoxy) is 1. The summed E-state index contributed by atoms with van der Waals surface area (Å²) >= 11 is 5.96. The first-order chi connectivity index (χ1) is 12.7. The maximum atomic E-state index is 6.23. The van der Waals surface area contributed by atoms with Crippen molar-refractivity contribution in [3.05, 3.63) is 64.7 Å². The first kappa shape index (κ1) is 21.8. The number of benzene rings is 2. The smallest absolute Gasteiger partial charge is 0.191 e. The van der Waals surface area contributed by atoms with Crippen LogP contribution in [0.15, 0.2) is 53.5 Å². The molecule has 0 amide bonds. The van der Waals surface area contributed by atoms with Gasteiger partial charge in [-0.05, 0) is 35.4 Å². The van der Waals surface area contributed by atoms with Crippen molar-refractivity contribution in [3.8, 4) is 0 Å². The molecular formula is C20H26ClIN4O. The number of piperazine rings is 1. The van der Waals surface area contributed by atoms with E-state index in [2.05, 4.69) is 39.1 Å². The molecule has 0 radical (unpaired) electrons. The van der Waals surface area contributed by atoms with Crippen LogP contribution in [0.3, 0.4) is 0 Å².